The van der Waals surface area contributed by atoms with Crippen LogP contribution in [-0.2, 0) is 0 Å². The lowest BCUT2D eigenvalue weighted by Gasteiger charge is -2.22. The van der Waals surface area contributed by atoms with E-state index in [4.69, 9.17) is 4.42 Å². The molecule has 0 radical (unpaired) electrons. The number of hydrogen-bond donors (Lipinski definition) is 1. The molecule has 0 amide bonds. The van der Waals surface area contributed by atoms with Crippen LogP contribution in [0.15, 0.2) is 47.0 Å². The Morgan fingerprint density at radius 3 is 2.41 bits per heavy atom. The normalized spacial score (nSPS) is 11.0. The molecule has 0 fully saturated rings. The molecule has 0 aliphatic rings. The molecule has 116 valence electrons. The van der Waals surface area contributed by atoms with E-state index in [0.29, 0.717) is 5.89 Å². The molecule has 0 saturated carbocycles. The Labute approximate surface area is 131 Å². The average Bonchev–Trinajstić information content (AvgIpc) is 2.92. The van der Waals surface area contributed by atoms with Gasteiger partial charge in [-0.1, -0.05) is 26.0 Å². The van der Waals surface area contributed by atoms with Crippen LogP contribution >= 0.6 is 0 Å². The predicted octanol–water partition coefficient (Wildman–Crippen LogP) is 5.13. The molecule has 4 heteroatoms. The molecule has 0 saturated heterocycles. The zero-order valence-corrected chi connectivity index (χ0v) is 13.8. The fourth-order valence-electron chi connectivity index (χ4n) is 2.02. The smallest absolute Gasteiger partial charge is 0.231 e. The lowest BCUT2D eigenvalue weighted by atomic mass is 10.1. The molecule has 2 aromatic heterocycles. The maximum absolute atomic E-state index is 5.82. The van der Waals surface area contributed by atoms with Gasteiger partial charge in [0.2, 0.25) is 5.89 Å². The summed E-state index contributed by atoms with van der Waals surface area (Å²) in [5, 5.41) is 3.38. The van der Waals surface area contributed by atoms with Gasteiger partial charge in [0.05, 0.1) is 5.56 Å². The molecule has 0 spiro atoms. The Morgan fingerprint density at radius 1 is 1.00 bits per heavy atom. The highest BCUT2D eigenvalue weighted by molar-refractivity contribution is 5.79. The fraction of sp³-hybridized carbons (Fsp3) is 0.333. The van der Waals surface area contributed by atoms with E-state index in [1.807, 2.05) is 50.2 Å². The van der Waals surface area contributed by atoms with Crippen molar-refractivity contribution in [1.29, 1.82) is 0 Å². The molecule has 3 aromatic rings. The quantitative estimate of drug-likeness (QED) is 0.712. The summed E-state index contributed by atoms with van der Waals surface area (Å²) in [6.45, 7) is 10.3. The minimum atomic E-state index is -0.0743. The maximum atomic E-state index is 5.82. The van der Waals surface area contributed by atoms with Crippen molar-refractivity contribution in [2.24, 2.45) is 0 Å². The van der Waals surface area contributed by atoms with Crippen molar-refractivity contribution >= 4 is 16.9 Å². The largest absolute Gasteiger partial charge is 0.436 e. The molecule has 0 aliphatic carbocycles. The first kappa shape index (κ1) is 16.0. The van der Waals surface area contributed by atoms with E-state index in [-0.39, 0.29) is 5.54 Å². The number of fused-ring (bicyclic) bond motifs is 1. The van der Waals surface area contributed by atoms with Gasteiger partial charge in [0.15, 0.2) is 5.58 Å². The highest BCUT2D eigenvalue weighted by Gasteiger charge is 2.17. The minimum absolute atomic E-state index is 0.0743. The fourth-order valence-corrected chi connectivity index (χ4v) is 2.02. The third-order valence-electron chi connectivity index (χ3n) is 2.83. The SMILES string of the molecule is CC.CC(C)(C)Nc1ncccc1-c1nc2ccccc2o1. The van der Waals surface area contributed by atoms with Gasteiger partial charge in [-0.3, -0.25) is 0 Å². The van der Waals surface area contributed by atoms with E-state index in [2.05, 4.69) is 36.1 Å². The number of nitrogens with zero attached hydrogens (tertiary/aromatic N) is 2. The Hall–Kier alpha value is -2.36. The Kier molecular flexibility index (Phi) is 4.81. The van der Waals surface area contributed by atoms with E-state index in [9.17, 15) is 0 Å². The van der Waals surface area contributed by atoms with Crippen LogP contribution in [-0.4, -0.2) is 15.5 Å². The molecule has 22 heavy (non-hydrogen) atoms. The molecule has 1 aromatic carbocycles. The molecule has 4 nitrogen and oxygen atoms in total. The number of para-hydroxylation sites is 2. The van der Waals surface area contributed by atoms with Crippen LogP contribution in [0.1, 0.15) is 34.6 Å². The van der Waals surface area contributed by atoms with Crippen molar-refractivity contribution in [3.8, 4) is 11.5 Å². The number of rotatable bonds is 2. The summed E-state index contributed by atoms with van der Waals surface area (Å²) in [6.07, 6.45) is 1.76. The van der Waals surface area contributed by atoms with Crippen molar-refractivity contribution in [1.82, 2.24) is 9.97 Å². The van der Waals surface area contributed by atoms with Crippen LogP contribution in [0.5, 0.6) is 0 Å². The second kappa shape index (κ2) is 6.60. The summed E-state index contributed by atoms with van der Waals surface area (Å²) in [5.41, 5.74) is 2.44. The monoisotopic (exact) mass is 297 g/mol. The minimum Gasteiger partial charge on any atom is -0.436 e. The summed E-state index contributed by atoms with van der Waals surface area (Å²) in [5.74, 6) is 1.37. The van der Waals surface area contributed by atoms with Gasteiger partial charge in [0.1, 0.15) is 11.3 Å². The second-order valence-corrected chi connectivity index (χ2v) is 5.76. The summed E-state index contributed by atoms with van der Waals surface area (Å²) in [7, 11) is 0. The Bertz CT molecular complexity index is 708. The van der Waals surface area contributed by atoms with Gasteiger partial charge in [-0.05, 0) is 45.0 Å². The van der Waals surface area contributed by atoms with Crippen molar-refractivity contribution in [3.63, 3.8) is 0 Å². The molecule has 1 N–H and O–H groups in total. The lowest BCUT2D eigenvalue weighted by molar-refractivity contribution is 0.614. The first-order valence-corrected chi connectivity index (χ1v) is 7.62. The topological polar surface area (TPSA) is 51.0 Å². The number of pyridine rings is 1. The van der Waals surface area contributed by atoms with Crippen LogP contribution < -0.4 is 5.32 Å². The summed E-state index contributed by atoms with van der Waals surface area (Å²) >= 11 is 0. The van der Waals surface area contributed by atoms with Crippen LogP contribution in [0.25, 0.3) is 22.6 Å². The molecular weight excluding hydrogens is 274 g/mol. The average molecular weight is 297 g/mol. The van der Waals surface area contributed by atoms with Crippen molar-refractivity contribution in [2.75, 3.05) is 5.32 Å². The zero-order valence-electron chi connectivity index (χ0n) is 13.8. The van der Waals surface area contributed by atoms with Crippen molar-refractivity contribution in [3.05, 3.63) is 42.6 Å². The molecule has 3 rings (SSSR count). The molecule has 2 heterocycles. The van der Waals surface area contributed by atoms with Crippen LogP contribution in [0.3, 0.4) is 0 Å². The first-order valence-electron chi connectivity index (χ1n) is 7.62. The standard InChI is InChI=1S/C16H17N3O.C2H6/c1-16(2,3)19-14-11(7-6-10-17-14)15-18-12-8-4-5-9-13(12)20-15;1-2/h4-10H,1-3H3,(H,17,19);1-2H3. The number of aromatic nitrogens is 2. The highest BCUT2D eigenvalue weighted by Crippen LogP contribution is 2.29. The second-order valence-electron chi connectivity index (χ2n) is 5.76. The summed E-state index contributed by atoms with van der Waals surface area (Å²) in [4.78, 5) is 8.93. The maximum Gasteiger partial charge on any atom is 0.231 e. The molecule has 0 unspecified atom stereocenters. The highest BCUT2D eigenvalue weighted by atomic mass is 16.3. The molecule has 0 aliphatic heterocycles. The van der Waals surface area contributed by atoms with E-state index in [0.717, 1.165) is 22.5 Å². The number of benzene rings is 1. The number of oxazole rings is 1. The zero-order chi connectivity index (χ0) is 16.2. The van der Waals surface area contributed by atoms with Crippen molar-refractivity contribution < 1.29 is 4.42 Å². The number of hydrogen-bond acceptors (Lipinski definition) is 4. The lowest BCUT2D eigenvalue weighted by Crippen LogP contribution is -2.27. The van der Waals surface area contributed by atoms with E-state index in [1.165, 1.54) is 0 Å². The van der Waals surface area contributed by atoms with Gasteiger partial charge >= 0.3 is 0 Å². The van der Waals surface area contributed by atoms with E-state index >= 15 is 0 Å². The van der Waals surface area contributed by atoms with E-state index < -0.39 is 0 Å². The third-order valence-corrected chi connectivity index (χ3v) is 2.83. The Morgan fingerprint density at radius 2 is 1.73 bits per heavy atom. The van der Waals surface area contributed by atoms with Gasteiger partial charge < -0.3 is 9.73 Å². The third kappa shape index (κ3) is 3.64. The Balaban J connectivity index is 0.000000847. The van der Waals surface area contributed by atoms with Gasteiger partial charge in [0.25, 0.3) is 0 Å². The predicted molar refractivity (Wildman–Crippen MR) is 92.0 cm³/mol. The van der Waals surface area contributed by atoms with Crippen molar-refractivity contribution in [2.45, 2.75) is 40.2 Å². The van der Waals surface area contributed by atoms with E-state index in [1.54, 1.807) is 6.20 Å². The molecule has 0 bridgehead atoms. The van der Waals surface area contributed by atoms with Crippen LogP contribution in [0.4, 0.5) is 5.82 Å². The van der Waals surface area contributed by atoms with Gasteiger partial charge in [-0.2, -0.15) is 0 Å². The van der Waals surface area contributed by atoms with Crippen LogP contribution in [0.2, 0.25) is 0 Å². The van der Waals surface area contributed by atoms with Gasteiger partial charge in [-0.15, -0.1) is 0 Å². The van der Waals surface area contributed by atoms with Gasteiger partial charge in [0, 0.05) is 11.7 Å². The van der Waals surface area contributed by atoms with Gasteiger partial charge in [-0.25, -0.2) is 9.97 Å². The first-order chi connectivity index (χ1) is 10.5. The number of nitrogens with one attached hydrogen (secondary N) is 1. The van der Waals surface area contributed by atoms with Crippen LogP contribution in [0, 0.1) is 0 Å². The molecular formula is C18H23N3O. The summed E-state index contributed by atoms with van der Waals surface area (Å²) in [6, 6.07) is 11.6. The summed E-state index contributed by atoms with van der Waals surface area (Å²) < 4.78 is 5.82. The molecule has 0 atom stereocenters. The number of anilines is 1.